The highest BCUT2D eigenvalue weighted by Crippen LogP contribution is 1.51. The zero-order chi connectivity index (χ0) is 4.12. The van der Waals surface area contributed by atoms with Crippen molar-refractivity contribution in [2.45, 2.75) is 0 Å². The Bertz CT molecular complexity index is 50.7. The van der Waals surface area contributed by atoms with Crippen LogP contribution in [0.5, 0.6) is 0 Å². The van der Waals surface area contributed by atoms with Crippen molar-refractivity contribution in [3.63, 3.8) is 0 Å². The van der Waals surface area contributed by atoms with Gasteiger partial charge in [-0.05, 0) is 10.6 Å². The quantitative estimate of drug-likeness (QED) is 0.247. The Hall–Kier alpha value is -0.730. The van der Waals surface area contributed by atoms with Crippen LogP contribution in [-0.4, -0.2) is 6.67 Å². The number of rotatable bonds is 1. The second-order valence-electron chi connectivity index (χ2n) is 0.454. The molecule has 0 aliphatic carbocycles. The molecule has 0 saturated carbocycles. The average molecular weight is 73.1 g/mol. The standard InChI is InChI=1S/CH4N4/c2-1-4-5-3/h1-2H2/p+1. The van der Waals surface area contributed by atoms with Gasteiger partial charge in [-0.1, -0.05) is 0 Å². The van der Waals surface area contributed by atoms with Crippen LogP contribution in [0.4, 0.5) is 0 Å². The van der Waals surface area contributed by atoms with Crippen LogP contribution in [0.15, 0.2) is 5.11 Å². The van der Waals surface area contributed by atoms with Crippen molar-refractivity contribution < 1.29 is 5.73 Å². The van der Waals surface area contributed by atoms with E-state index in [0.717, 1.165) is 0 Å². The van der Waals surface area contributed by atoms with E-state index < -0.39 is 0 Å². The fraction of sp³-hybridized carbons (Fsp3) is 1.00. The number of nitrogens with zero attached hydrogens (tertiary/aromatic N) is 3. The summed E-state index contributed by atoms with van der Waals surface area (Å²) in [6.45, 7) is 0.302. The summed E-state index contributed by atoms with van der Waals surface area (Å²) in [5, 5.41) is 3.04. The van der Waals surface area contributed by atoms with Gasteiger partial charge in [-0.25, -0.2) is 0 Å². The SMILES string of the molecule is [N-]=[N+]=NC[NH3+]. The highest BCUT2D eigenvalue weighted by molar-refractivity contribution is 4.32. The molecule has 0 aromatic carbocycles. The first-order valence-electron chi connectivity index (χ1n) is 1.22. The summed E-state index contributed by atoms with van der Waals surface area (Å²) in [5.74, 6) is 0. The maximum absolute atomic E-state index is 7.48. The molecule has 0 rings (SSSR count). The predicted molar refractivity (Wildman–Crippen MR) is 16.9 cm³/mol. The van der Waals surface area contributed by atoms with Gasteiger partial charge < -0.3 is 5.73 Å². The molecule has 0 aromatic rings. The van der Waals surface area contributed by atoms with E-state index >= 15 is 0 Å². The van der Waals surface area contributed by atoms with E-state index in [1.165, 1.54) is 0 Å². The fourth-order valence-electron chi connectivity index (χ4n) is 0.0447. The van der Waals surface area contributed by atoms with Gasteiger partial charge in [0.15, 0.2) is 6.67 Å². The lowest BCUT2D eigenvalue weighted by Crippen LogP contribution is -2.48. The molecule has 0 aliphatic heterocycles. The molecule has 0 saturated heterocycles. The van der Waals surface area contributed by atoms with E-state index in [2.05, 4.69) is 15.8 Å². The van der Waals surface area contributed by atoms with Crippen molar-refractivity contribution in [1.82, 2.24) is 0 Å². The van der Waals surface area contributed by atoms with Crippen LogP contribution in [0.2, 0.25) is 0 Å². The summed E-state index contributed by atoms with van der Waals surface area (Å²) in [7, 11) is 0. The van der Waals surface area contributed by atoms with E-state index in [0.29, 0.717) is 6.67 Å². The third-order valence-electron chi connectivity index (χ3n) is 0.163. The van der Waals surface area contributed by atoms with Crippen molar-refractivity contribution in [3.05, 3.63) is 10.4 Å². The lowest BCUT2D eigenvalue weighted by atomic mass is 11.3. The zero-order valence-corrected chi connectivity index (χ0v) is 2.76. The minimum atomic E-state index is 0.302. The van der Waals surface area contributed by atoms with Crippen molar-refractivity contribution in [1.29, 1.82) is 0 Å². The van der Waals surface area contributed by atoms with Gasteiger partial charge >= 0.3 is 0 Å². The highest BCUT2D eigenvalue weighted by Gasteiger charge is 1.54. The van der Waals surface area contributed by atoms with Gasteiger partial charge in [0.05, 0.1) is 0 Å². The molecule has 3 N–H and O–H groups in total. The molecule has 4 heteroatoms. The topological polar surface area (TPSA) is 76.4 Å². The first kappa shape index (κ1) is 4.27. The lowest BCUT2D eigenvalue weighted by molar-refractivity contribution is -0.365. The van der Waals surface area contributed by atoms with E-state index in [4.69, 9.17) is 5.53 Å². The van der Waals surface area contributed by atoms with Crippen LogP contribution in [-0.2, 0) is 0 Å². The minimum absolute atomic E-state index is 0.302. The molecule has 0 aliphatic rings. The Balaban J connectivity index is 2.93. The van der Waals surface area contributed by atoms with E-state index in [1.807, 2.05) is 0 Å². The van der Waals surface area contributed by atoms with Crippen LogP contribution in [0.3, 0.4) is 0 Å². The fourth-order valence-corrected chi connectivity index (χ4v) is 0.0447. The van der Waals surface area contributed by atoms with Crippen LogP contribution in [0, 0.1) is 0 Å². The molecule has 28 valence electrons. The molecule has 0 radical (unpaired) electrons. The van der Waals surface area contributed by atoms with Gasteiger partial charge in [0.1, 0.15) is 0 Å². The normalized spacial score (nSPS) is 5.80. The van der Waals surface area contributed by atoms with Gasteiger partial charge in [-0.2, -0.15) is 0 Å². The summed E-state index contributed by atoms with van der Waals surface area (Å²) in [6, 6.07) is 0. The Labute approximate surface area is 29.2 Å². The minimum Gasteiger partial charge on any atom is -0.353 e. The summed E-state index contributed by atoms with van der Waals surface area (Å²) in [4.78, 5) is 2.42. The molecule has 0 aromatic heterocycles. The van der Waals surface area contributed by atoms with E-state index in [9.17, 15) is 0 Å². The van der Waals surface area contributed by atoms with Crippen molar-refractivity contribution in [2.75, 3.05) is 6.67 Å². The van der Waals surface area contributed by atoms with Crippen molar-refractivity contribution >= 4 is 0 Å². The van der Waals surface area contributed by atoms with Crippen LogP contribution in [0.25, 0.3) is 10.4 Å². The molecule has 0 unspecified atom stereocenters. The van der Waals surface area contributed by atoms with Gasteiger partial charge in [-0.3, -0.25) is 0 Å². The third kappa shape index (κ3) is 3.27. The Morgan fingerprint density at radius 3 is 2.60 bits per heavy atom. The van der Waals surface area contributed by atoms with Crippen LogP contribution < -0.4 is 5.73 Å². The van der Waals surface area contributed by atoms with Crippen molar-refractivity contribution in [3.8, 4) is 0 Å². The first-order chi connectivity index (χ1) is 2.41. The number of hydrogen-bond acceptors (Lipinski definition) is 1. The Kier molecular flexibility index (Phi) is 2.79. The van der Waals surface area contributed by atoms with E-state index in [-0.39, 0.29) is 0 Å². The molecule has 0 spiro atoms. The van der Waals surface area contributed by atoms with Gasteiger partial charge in [-0.15, -0.1) is 0 Å². The third-order valence-corrected chi connectivity index (χ3v) is 0.163. The molecule has 0 heterocycles. The second-order valence-corrected chi connectivity index (χ2v) is 0.454. The molecule has 5 heavy (non-hydrogen) atoms. The molecule has 0 amide bonds. The van der Waals surface area contributed by atoms with Gasteiger partial charge in [0.2, 0.25) is 0 Å². The molecular formula is CH5N4+. The average Bonchev–Trinajstić information content (AvgIpc) is 1.41. The van der Waals surface area contributed by atoms with Crippen LogP contribution >= 0.6 is 0 Å². The molecule has 0 atom stereocenters. The Morgan fingerprint density at radius 1 is 2.00 bits per heavy atom. The van der Waals surface area contributed by atoms with E-state index in [1.54, 1.807) is 0 Å². The van der Waals surface area contributed by atoms with Gasteiger partial charge in [0.25, 0.3) is 0 Å². The highest BCUT2D eigenvalue weighted by atomic mass is 15.2. The number of azide groups is 1. The number of quaternary nitrogens is 1. The largest absolute Gasteiger partial charge is 0.353 e. The summed E-state index contributed by atoms with van der Waals surface area (Å²) in [6.07, 6.45) is 0. The van der Waals surface area contributed by atoms with Crippen molar-refractivity contribution in [2.24, 2.45) is 5.11 Å². The summed E-state index contributed by atoms with van der Waals surface area (Å²) in [5.41, 5.74) is 10.7. The van der Waals surface area contributed by atoms with Crippen LogP contribution in [0.1, 0.15) is 0 Å². The molecular weight excluding hydrogens is 68.0 g/mol. The molecule has 4 nitrogen and oxygen atoms in total. The maximum Gasteiger partial charge on any atom is 0.155 e. The predicted octanol–water partition coefficient (Wildman–Crippen LogP) is -0.504. The maximum atomic E-state index is 7.48. The second kappa shape index (κ2) is 3.27. The summed E-state index contributed by atoms with van der Waals surface area (Å²) < 4.78 is 0. The molecule has 0 bridgehead atoms. The summed E-state index contributed by atoms with van der Waals surface area (Å²) >= 11 is 0. The Morgan fingerprint density at radius 2 is 2.60 bits per heavy atom. The molecule has 0 fully saturated rings. The number of hydrogen-bond donors (Lipinski definition) is 1. The monoisotopic (exact) mass is 73.1 g/mol. The lowest BCUT2D eigenvalue weighted by Gasteiger charge is -1.56. The zero-order valence-electron chi connectivity index (χ0n) is 2.76. The first-order valence-corrected chi connectivity index (χ1v) is 1.22. The van der Waals surface area contributed by atoms with Gasteiger partial charge in [0, 0.05) is 4.91 Å². The smallest absolute Gasteiger partial charge is 0.155 e.